The van der Waals surface area contributed by atoms with Crippen LogP contribution in [0.2, 0.25) is 0 Å². The highest BCUT2D eigenvalue weighted by Gasteiger charge is 2.19. The quantitative estimate of drug-likeness (QED) is 0.338. The number of anilines is 1. The molecule has 0 radical (unpaired) electrons. The van der Waals surface area contributed by atoms with E-state index in [4.69, 9.17) is 4.42 Å². The zero-order valence-electron chi connectivity index (χ0n) is 15.3. The van der Waals surface area contributed by atoms with E-state index in [-0.39, 0.29) is 17.1 Å². The monoisotopic (exact) mass is 411 g/mol. The van der Waals surface area contributed by atoms with Gasteiger partial charge < -0.3 is 4.42 Å². The first-order chi connectivity index (χ1) is 14.3. The van der Waals surface area contributed by atoms with E-state index in [9.17, 15) is 30.3 Å². The van der Waals surface area contributed by atoms with Crippen LogP contribution in [0, 0.1) is 37.3 Å². The minimum atomic E-state index is -0.763. The molecule has 0 bridgehead atoms. The lowest BCUT2D eigenvalue weighted by Gasteiger charge is -2.02. The van der Waals surface area contributed by atoms with Crippen LogP contribution in [0.3, 0.4) is 0 Å². The summed E-state index contributed by atoms with van der Waals surface area (Å²) >= 11 is 0. The molecule has 0 aliphatic rings. The number of hydrogen-bond acceptors (Lipinski definition) is 9. The minimum Gasteiger partial charge on any atom is -0.455 e. The summed E-state index contributed by atoms with van der Waals surface area (Å²) in [4.78, 5) is 30.9. The van der Waals surface area contributed by atoms with E-state index in [1.165, 1.54) is 24.4 Å². The molecule has 12 heteroatoms. The van der Waals surface area contributed by atoms with Gasteiger partial charge in [-0.15, -0.1) is 0 Å². The number of nitro groups is 3. The Morgan fingerprint density at radius 2 is 1.57 bits per heavy atom. The average Bonchev–Trinajstić information content (AvgIpc) is 3.16. The van der Waals surface area contributed by atoms with Gasteiger partial charge in [0.25, 0.3) is 11.4 Å². The molecule has 152 valence electrons. The van der Waals surface area contributed by atoms with Crippen LogP contribution in [0.5, 0.6) is 0 Å². The van der Waals surface area contributed by atoms with Gasteiger partial charge in [0.05, 0.1) is 27.1 Å². The molecule has 0 spiro atoms. The summed E-state index contributed by atoms with van der Waals surface area (Å²) in [5.74, 6) is 0.673. The molecule has 0 atom stereocenters. The van der Waals surface area contributed by atoms with Gasteiger partial charge in [-0.2, -0.15) is 5.10 Å². The van der Waals surface area contributed by atoms with E-state index in [0.717, 1.165) is 17.7 Å². The maximum atomic E-state index is 11.1. The summed E-state index contributed by atoms with van der Waals surface area (Å²) in [6.45, 7) is 1.78. The van der Waals surface area contributed by atoms with Crippen molar-refractivity contribution >= 4 is 29.0 Å². The Morgan fingerprint density at radius 3 is 2.23 bits per heavy atom. The number of furan rings is 1. The van der Waals surface area contributed by atoms with Crippen molar-refractivity contribution in [3.05, 3.63) is 90.2 Å². The highest BCUT2D eigenvalue weighted by Crippen LogP contribution is 2.30. The zero-order chi connectivity index (χ0) is 21.8. The molecule has 12 nitrogen and oxygen atoms in total. The standard InChI is InChI=1S/C18H13N5O7/c1-11-2-3-12(21(24)25)8-15(11)18-7-5-14(30-18)10-19-20-16-6-4-13(22(26)27)9-17(16)23(28)29/h2-10,20H,1H3/b19-10-. The van der Waals surface area contributed by atoms with Gasteiger partial charge in [0.1, 0.15) is 17.2 Å². The molecule has 0 saturated carbocycles. The van der Waals surface area contributed by atoms with E-state index < -0.39 is 26.1 Å². The Balaban J connectivity index is 1.81. The van der Waals surface area contributed by atoms with Crippen LogP contribution in [0.1, 0.15) is 11.3 Å². The van der Waals surface area contributed by atoms with E-state index >= 15 is 0 Å². The van der Waals surface area contributed by atoms with Crippen molar-refractivity contribution in [2.75, 3.05) is 5.43 Å². The molecular formula is C18H13N5O7. The second kappa shape index (κ2) is 8.18. The number of hydrogen-bond donors (Lipinski definition) is 1. The fourth-order valence-corrected chi connectivity index (χ4v) is 2.60. The highest BCUT2D eigenvalue weighted by atomic mass is 16.6. The SMILES string of the molecule is Cc1ccc([N+](=O)[O-])cc1-c1ccc(/C=N\Nc2ccc([N+](=O)[O-])cc2[N+](=O)[O-])o1. The zero-order valence-corrected chi connectivity index (χ0v) is 15.3. The molecular weight excluding hydrogens is 398 g/mol. The first-order valence-electron chi connectivity index (χ1n) is 8.33. The third-order valence-electron chi connectivity index (χ3n) is 4.09. The molecule has 0 aliphatic carbocycles. The summed E-state index contributed by atoms with van der Waals surface area (Å²) < 4.78 is 5.62. The van der Waals surface area contributed by atoms with Gasteiger partial charge in [-0.1, -0.05) is 6.07 Å². The number of rotatable bonds is 7. The number of nitro benzene ring substituents is 3. The molecule has 1 aromatic heterocycles. The number of hydrazone groups is 1. The second-order valence-electron chi connectivity index (χ2n) is 6.04. The lowest BCUT2D eigenvalue weighted by atomic mass is 10.1. The minimum absolute atomic E-state index is 0.0387. The first kappa shape index (κ1) is 20.1. The second-order valence-corrected chi connectivity index (χ2v) is 6.04. The van der Waals surface area contributed by atoms with Crippen molar-refractivity contribution in [2.24, 2.45) is 5.10 Å². The molecule has 0 fully saturated rings. The van der Waals surface area contributed by atoms with Gasteiger partial charge in [0.2, 0.25) is 0 Å². The molecule has 2 aromatic carbocycles. The van der Waals surface area contributed by atoms with Crippen molar-refractivity contribution < 1.29 is 19.2 Å². The fraction of sp³-hybridized carbons (Fsp3) is 0.0556. The third-order valence-corrected chi connectivity index (χ3v) is 4.09. The van der Waals surface area contributed by atoms with Crippen LogP contribution in [-0.2, 0) is 0 Å². The van der Waals surface area contributed by atoms with Crippen LogP contribution in [0.25, 0.3) is 11.3 Å². The smallest absolute Gasteiger partial charge is 0.301 e. The van der Waals surface area contributed by atoms with Crippen molar-refractivity contribution in [1.82, 2.24) is 0 Å². The highest BCUT2D eigenvalue weighted by molar-refractivity contribution is 5.79. The summed E-state index contributed by atoms with van der Waals surface area (Å²) in [6, 6.07) is 10.7. The van der Waals surface area contributed by atoms with Gasteiger partial charge in [0, 0.05) is 23.8 Å². The molecule has 3 rings (SSSR count). The lowest BCUT2D eigenvalue weighted by Crippen LogP contribution is -1.98. The van der Waals surface area contributed by atoms with Gasteiger partial charge >= 0.3 is 5.69 Å². The molecule has 30 heavy (non-hydrogen) atoms. The van der Waals surface area contributed by atoms with Crippen LogP contribution in [-0.4, -0.2) is 21.0 Å². The number of aryl methyl sites for hydroxylation is 1. The Kier molecular flexibility index (Phi) is 5.49. The van der Waals surface area contributed by atoms with E-state index in [0.29, 0.717) is 11.3 Å². The van der Waals surface area contributed by atoms with E-state index in [2.05, 4.69) is 10.5 Å². The van der Waals surface area contributed by atoms with Crippen molar-refractivity contribution in [3.8, 4) is 11.3 Å². The molecule has 0 unspecified atom stereocenters. The van der Waals surface area contributed by atoms with E-state index in [1.54, 1.807) is 25.1 Å². The van der Waals surface area contributed by atoms with Crippen molar-refractivity contribution in [3.63, 3.8) is 0 Å². The van der Waals surface area contributed by atoms with Crippen LogP contribution in [0.15, 0.2) is 58.0 Å². The van der Waals surface area contributed by atoms with Gasteiger partial charge in [-0.05, 0) is 30.7 Å². The summed E-state index contributed by atoms with van der Waals surface area (Å²) in [5, 5.41) is 36.7. The Bertz CT molecular complexity index is 1190. The third kappa shape index (κ3) is 4.27. The molecule has 0 saturated heterocycles. The van der Waals surface area contributed by atoms with Gasteiger partial charge in [-0.25, -0.2) is 0 Å². The van der Waals surface area contributed by atoms with Gasteiger partial charge in [0.15, 0.2) is 0 Å². The Labute approximate surface area is 167 Å². The topological polar surface area (TPSA) is 167 Å². The maximum Gasteiger partial charge on any atom is 0.301 e. The normalized spacial score (nSPS) is 10.8. The van der Waals surface area contributed by atoms with Gasteiger partial charge in [-0.3, -0.25) is 35.8 Å². The number of benzene rings is 2. The predicted molar refractivity (Wildman–Crippen MR) is 107 cm³/mol. The van der Waals surface area contributed by atoms with Crippen LogP contribution in [0.4, 0.5) is 22.7 Å². The first-order valence-corrected chi connectivity index (χ1v) is 8.33. The predicted octanol–water partition coefficient (Wildman–Crippen LogP) is 4.43. The summed E-state index contributed by atoms with van der Waals surface area (Å²) in [7, 11) is 0. The van der Waals surface area contributed by atoms with Crippen molar-refractivity contribution in [2.45, 2.75) is 6.92 Å². The molecule has 3 aromatic rings. The Hall–Kier alpha value is -4.61. The average molecular weight is 411 g/mol. The number of nitrogens with zero attached hydrogens (tertiary/aromatic N) is 4. The molecule has 1 N–H and O–H groups in total. The maximum absolute atomic E-state index is 11.1. The summed E-state index contributed by atoms with van der Waals surface area (Å²) in [6.07, 6.45) is 1.25. The van der Waals surface area contributed by atoms with Crippen LogP contribution >= 0.6 is 0 Å². The number of non-ortho nitro benzene ring substituents is 2. The molecule has 1 heterocycles. The van der Waals surface area contributed by atoms with Crippen molar-refractivity contribution in [1.29, 1.82) is 0 Å². The molecule has 0 amide bonds. The summed E-state index contributed by atoms with van der Waals surface area (Å²) in [5.41, 5.74) is 2.73. The Morgan fingerprint density at radius 1 is 0.900 bits per heavy atom. The number of nitrogens with one attached hydrogen (secondary N) is 1. The largest absolute Gasteiger partial charge is 0.455 e. The lowest BCUT2D eigenvalue weighted by molar-refractivity contribution is -0.393. The van der Waals surface area contributed by atoms with Crippen LogP contribution < -0.4 is 5.43 Å². The molecule has 0 aliphatic heterocycles. The van der Waals surface area contributed by atoms with E-state index in [1.807, 2.05) is 0 Å². The fourth-order valence-electron chi connectivity index (χ4n) is 2.60.